The van der Waals surface area contributed by atoms with Crippen LogP contribution in [0.3, 0.4) is 0 Å². The second-order valence-electron chi connectivity index (χ2n) is 6.99. The van der Waals surface area contributed by atoms with E-state index in [0.29, 0.717) is 18.8 Å². The Balaban J connectivity index is 1.66. The molecule has 0 aromatic heterocycles. The molecule has 3 rings (SSSR count). The fourth-order valence-electron chi connectivity index (χ4n) is 3.41. The maximum Gasteiger partial charge on any atom is 0.313 e. The molecule has 2 aromatic carbocycles. The highest BCUT2D eigenvalue weighted by molar-refractivity contribution is 6.39. The molecule has 1 aliphatic heterocycles. The van der Waals surface area contributed by atoms with E-state index in [1.54, 1.807) is 17.0 Å². The Bertz CT molecular complexity index is 819. The van der Waals surface area contributed by atoms with Gasteiger partial charge in [0, 0.05) is 24.7 Å². The molecule has 1 N–H and O–H groups in total. The van der Waals surface area contributed by atoms with E-state index in [-0.39, 0.29) is 17.7 Å². The van der Waals surface area contributed by atoms with Crippen molar-refractivity contribution in [3.63, 3.8) is 0 Å². The summed E-state index contributed by atoms with van der Waals surface area (Å²) in [7, 11) is 0. The van der Waals surface area contributed by atoms with E-state index in [1.807, 2.05) is 38.1 Å². The third-order valence-electron chi connectivity index (χ3n) is 4.82. The lowest BCUT2D eigenvalue weighted by molar-refractivity contribution is -0.142. The van der Waals surface area contributed by atoms with Crippen molar-refractivity contribution >= 4 is 17.5 Å². The minimum Gasteiger partial charge on any atom is -0.334 e. The number of para-hydroxylation sites is 1. The van der Waals surface area contributed by atoms with Gasteiger partial charge in [-0.2, -0.15) is 0 Å². The molecule has 4 nitrogen and oxygen atoms in total. The molecule has 1 atom stereocenters. The van der Waals surface area contributed by atoms with Gasteiger partial charge in [0.05, 0.1) is 0 Å². The maximum atomic E-state index is 13.4. The zero-order chi connectivity index (χ0) is 18.7. The van der Waals surface area contributed by atoms with Crippen LogP contribution in [0.25, 0.3) is 0 Å². The van der Waals surface area contributed by atoms with Crippen molar-refractivity contribution in [2.45, 2.75) is 32.1 Å². The van der Waals surface area contributed by atoms with E-state index in [0.717, 1.165) is 17.5 Å². The van der Waals surface area contributed by atoms with Crippen molar-refractivity contribution in [2.24, 2.45) is 0 Å². The van der Waals surface area contributed by atoms with Crippen LogP contribution in [0.1, 0.15) is 43.2 Å². The zero-order valence-corrected chi connectivity index (χ0v) is 15.0. The van der Waals surface area contributed by atoms with Gasteiger partial charge in [-0.1, -0.05) is 44.2 Å². The first-order valence-corrected chi connectivity index (χ1v) is 8.90. The zero-order valence-electron chi connectivity index (χ0n) is 15.0. The van der Waals surface area contributed by atoms with Gasteiger partial charge in [-0.05, 0) is 41.7 Å². The Morgan fingerprint density at radius 2 is 1.92 bits per heavy atom. The number of nitrogens with one attached hydrogen (secondary N) is 1. The van der Waals surface area contributed by atoms with Crippen LogP contribution >= 0.6 is 0 Å². The first-order chi connectivity index (χ1) is 12.5. The Kier molecular flexibility index (Phi) is 5.35. The summed E-state index contributed by atoms with van der Waals surface area (Å²) in [5.74, 6) is -1.15. The van der Waals surface area contributed by atoms with Crippen LogP contribution in [0.5, 0.6) is 0 Å². The van der Waals surface area contributed by atoms with E-state index in [4.69, 9.17) is 0 Å². The summed E-state index contributed by atoms with van der Waals surface area (Å²) in [5, 5.41) is 2.74. The van der Waals surface area contributed by atoms with E-state index in [1.165, 1.54) is 12.1 Å². The van der Waals surface area contributed by atoms with Gasteiger partial charge >= 0.3 is 11.8 Å². The molecule has 1 saturated heterocycles. The molecule has 0 bridgehead atoms. The highest BCUT2D eigenvalue weighted by Gasteiger charge is 2.31. The number of benzene rings is 2. The number of likely N-dealkylation sites (tertiary alicyclic amines) is 1. The van der Waals surface area contributed by atoms with Crippen molar-refractivity contribution in [2.75, 3.05) is 18.4 Å². The molecule has 1 unspecified atom stereocenters. The fourth-order valence-corrected chi connectivity index (χ4v) is 3.41. The Morgan fingerprint density at radius 3 is 2.65 bits per heavy atom. The molecule has 0 saturated carbocycles. The molecule has 136 valence electrons. The lowest BCUT2D eigenvalue weighted by atomic mass is 9.98. The fraction of sp³-hybridized carbons (Fsp3) is 0.333. The van der Waals surface area contributed by atoms with E-state index >= 15 is 0 Å². The standard InChI is InChI=1S/C21H23FN2O2/c1-14(2)18-8-3-4-9-19(18)23-20(25)21(26)24-11-10-16(13-24)15-6-5-7-17(22)12-15/h3-9,12,14,16H,10-11,13H2,1-2H3,(H,23,25). The van der Waals surface area contributed by atoms with Crippen molar-refractivity contribution < 1.29 is 14.0 Å². The molecular formula is C21H23FN2O2. The number of carbonyl (C=O) groups is 2. The van der Waals surface area contributed by atoms with Gasteiger partial charge in [0.15, 0.2) is 0 Å². The van der Waals surface area contributed by atoms with Gasteiger partial charge in [0.1, 0.15) is 5.82 Å². The second-order valence-corrected chi connectivity index (χ2v) is 6.99. The summed E-state index contributed by atoms with van der Waals surface area (Å²) in [6.45, 7) is 5.01. The number of carbonyl (C=O) groups excluding carboxylic acids is 2. The lowest BCUT2D eigenvalue weighted by Crippen LogP contribution is -2.38. The first-order valence-electron chi connectivity index (χ1n) is 8.90. The Hall–Kier alpha value is -2.69. The smallest absolute Gasteiger partial charge is 0.313 e. The van der Waals surface area contributed by atoms with Crippen LogP contribution in [0.4, 0.5) is 10.1 Å². The van der Waals surface area contributed by atoms with Gasteiger partial charge in [-0.15, -0.1) is 0 Å². The highest BCUT2D eigenvalue weighted by atomic mass is 19.1. The monoisotopic (exact) mass is 354 g/mol. The summed E-state index contributed by atoms with van der Waals surface area (Å²) >= 11 is 0. The van der Waals surface area contributed by atoms with Crippen LogP contribution in [0, 0.1) is 5.82 Å². The van der Waals surface area contributed by atoms with Gasteiger partial charge in [0.2, 0.25) is 0 Å². The van der Waals surface area contributed by atoms with Crippen molar-refractivity contribution in [1.82, 2.24) is 4.90 Å². The average Bonchev–Trinajstić information content (AvgIpc) is 3.11. The van der Waals surface area contributed by atoms with E-state index in [9.17, 15) is 14.0 Å². The minimum atomic E-state index is -0.627. The van der Waals surface area contributed by atoms with Crippen LogP contribution in [-0.4, -0.2) is 29.8 Å². The molecule has 2 amide bonds. The predicted molar refractivity (Wildman–Crippen MR) is 99.5 cm³/mol. The Morgan fingerprint density at radius 1 is 1.15 bits per heavy atom. The first kappa shape index (κ1) is 18.1. The highest BCUT2D eigenvalue weighted by Crippen LogP contribution is 2.28. The van der Waals surface area contributed by atoms with E-state index in [2.05, 4.69) is 5.32 Å². The quantitative estimate of drug-likeness (QED) is 0.850. The third-order valence-corrected chi connectivity index (χ3v) is 4.82. The van der Waals surface area contributed by atoms with Crippen LogP contribution < -0.4 is 5.32 Å². The average molecular weight is 354 g/mol. The maximum absolute atomic E-state index is 13.4. The predicted octanol–water partition coefficient (Wildman–Crippen LogP) is 3.90. The normalized spacial score (nSPS) is 16.8. The van der Waals surface area contributed by atoms with Gasteiger partial charge in [-0.25, -0.2) is 4.39 Å². The summed E-state index contributed by atoms with van der Waals surface area (Å²) < 4.78 is 13.4. The molecule has 5 heteroatoms. The Labute approximate surface area is 153 Å². The molecule has 1 fully saturated rings. The van der Waals surface area contributed by atoms with E-state index < -0.39 is 11.8 Å². The molecular weight excluding hydrogens is 331 g/mol. The van der Waals surface area contributed by atoms with Crippen molar-refractivity contribution in [3.8, 4) is 0 Å². The third kappa shape index (κ3) is 3.93. The van der Waals surface area contributed by atoms with Gasteiger partial charge in [0.25, 0.3) is 0 Å². The van der Waals surface area contributed by atoms with Gasteiger partial charge < -0.3 is 10.2 Å². The minimum absolute atomic E-state index is 0.0606. The molecule has 2 aromatic rings. The molecule has 1 heterocycles. The summed E-state index contributed by atoms with van der Waals surface area (Å²) in [4.78, 5) is 26.5. The van der Waals surface area contributed by atoms with Crippen LogP contribution in [0.2, 0.25) is 0 Å². The summed E-state index contributed by atoms with van der Waals surface area (Å²) in [5.41, 5.74) is 2.53. The molecule has 1 aliphatic rings. The van der Waals surface area contributed by atoms with Gasteiger partial charge in [-0.3, -0.25) is 9.59 Å². The van der Waals surface area contributed by atoms with Crippen molar-refractivity contribution in [3.05, 3.63) is 65.5 Å². The number of amides is 2. The lowest BCUT2D eigenvalue weighted by Gasteiger charge is -2.18. The van der Waals surface area contributed by atoms with Crippen LogP contribution in [0.15, 0.2) is 48.5 Å². The number of nitrogens with zero attached hydrogens (tertiary/aromatic N) is 1. The number of halogens is 1. The topological polar surface area (TPSA) is 49.4 Å². The summed E-state index contributed by atoms with van der Waals surface area (Å²) in [6, 6.07) is 13.9. The second kappa shape index (κ2) is 7.68. The number of rotatable bonds is 3. The molecule has 0 aliphatic carbocycles. The largest absolute Gasteiger partial charge is 0.334 e. The number of hydrogen-bond acceptors (Lipinski definition) is 2. The number of anilines is 1. The number of hydrogen-bond donors (Lipinski definition) is 1. The SMILES string of the molecule is CC(C)c1ccccc1NC(=O)C(=O)N1CCC(c2cccc(F)c2)C1. The van der Waals surface area contributed by atoms with Crippen LogP contribution in [-0.2, 0) is 9.59 Å². The van der Waals surface area contributed by atoms with Crippen molar-refractivity contribution in [1.29, 1.82) is 0 Å². The molecule has 26 heavy (non-hydrogen) atoms. The molecule has 0 radical (unpaired) electrons. The summed E-state index contributed by atoms with van der Waals surface area (Å²) in [6.07, 6.45) is 0.727. The molecule has 0 spiro atoms.